The second kappa shape index (κ2) is 8.75. The summed E-state index contributed by atoms with van der Waals surface area (Å²) in [6.07, 6.45) is 2.05. The number of aryl methyl sites for hydroxylation is 2. The minimum Gasteiger partial charge on any atom is -0.422 e. The van der Waals surface area contributed by atoms with Crippen molar-refractivity contribution >= 4 is 23.1 Å². The van der Waals surface area contributed by atoms with Gasteiger partial charge in [0.15, 0.2) is 0 Å². The van der Waals surface area contributed by atoms with Gasteiger partial charge in [-0.2, -0.15) is 9.78 Å². The molecule has 6 nitrogen and oxygen atoms in total. The van der Waals surface area contributed by atoms with E-state index in [2.05, 4.69) is 10.1 Å². The van der Waals surface area contributed by atoms with Gasteiger partial charge in [-0.3, -0.25) is 4.79 Å². The van der Waals surface area contributed by atoms with Crippen molar-refractivity contribution in [2.45, 2.75) is 20.3 Å². The minimum atomic E-state index is -0.459. The number of carbonyl (C=O) groups is 1. The van der Waals surface area contributed by atoms with E-state index in [0.717, 1.165) is 5.56 Å². The van der Waals surface area contributed by atoms with Crippen LogP contribution in [0.2, 0.25) is 0 Å². The quantitative estimate of drug-likeness (QED) is 0.278. The van der Waals surface area contributed by atoms with E-state index in [0.29, 0.717) is 40.0 Å². The molecule has 0 spiro atoms. The van der Waals surface area contributed by atoms with Gasteiger partial charge >= 0.3 is 5.97 Å². The average molecular weight is 411 g/mol. The molecule has 0 saturated carbocycles. The summed E-state index contributed by atoms with van der Waals surface area (Å²) in [7, 11) is 0. The lowest BCUT2D eigenvalue weighted by Gasteiger charge is -2.09. The zero-order valence-corrected chi connectivity index (χ0v) is 17.3. The largest absolute Gasteiger partial charge is 0.422 e. The molecule has 0 aliphatic carbocycles. The van der Waals surface area contributed by atoms with Crippen molar-refractivity contribution in [2.75, 3.05) is 0 Å². The van der Waals surface area contributed by atoms with E-state index in [1.165, 1.54) is 10.9 Å². The lowest BCUT2D eigenvalue weighted by molar-refractivity contribution is 0.0734. The number of hydrogen-bond donors (Lipinski definition) is 0. The van der Waals surface area contributed by atoms with Gasteiger partial charge in [-0.25, -0.2) is 9.78 Å². The zero-order chi connectivity index (χ0) is 21.8. The summed E-state index contributed by atoms with van der Waals surface area (Å²) in [5, 5.41) is 4.87. The fourth-order valence-electron chi connectivity index (χ4n) is 3.17. The summed E-state index contributed by atoms with van der Waals surface area (Å²) in [4.78, 5) is 30.0. The van der Waals surface area contributed by atoms with Gasteiger partial charge in [0.05, 0.1) is 22.7 Å². The van der Waals surface area contributed by atoms with Crippen LogP contribution in [0.25, 0.3) is 10.9 Å². The number of para-hydroxylation sites is 2. The molecule has 1 aromatic heterocycles. The Morgan fingerprint density at radius 3 is 2.52 bits per heavy atom. The second-order valence-corrected chi connectivity index (χ2v) is 7.05. The van der Waals surface area contributed by atoms with Gasteiger partial charge in [-0.05, 0) is 43.3 Å². The first-order chi connectivity index (χ1) is 15.1. The molecule has 0 amide bonds. The molecule has 6 heteroatoms. The van der Waals surface area contributed by atoms with Gasteiger partial charge in [0, 0.05) is 12.0 Å². The van der Waals surface area contributed by atoms with Gasteiger partial charge < -0.3 is 4.74 Å². The lowest BCUT2D eigenvalue weighted by Crippen LogP contribution is -2.22. The third-order valence-corrected chi connectivity index (χ3v) is 4.86. The van der Waals surface area contributed by atoms with E-state index in [4.69, 9.17) is 4.74 Å². The molecule has 0 aliphatic rings. The van der Waals surface area contributed by atoms with Crippen LogP contribution in [0.15, 0.2) is 82.7 Å². The minimum absolute atomic E-state index is 0.243. The number of fused-ring (bicyclic) bond motifs is 1. The highest BCUT2D eigenvalue weighted by Crippen LogP contribution is 2.18. The maximum Gasteiger partial charge on any atom is 0.343 e. The smallest absolute Gasteiger partial charge is 0.343 e. The van der Waals surface area contributed by atoms with Crippen LogP contribution in [0, 0.1) is 6.92 Å². The molecule has 0 fully saturated rings. The van der Waals surface area contributed by atoms with Crippen LogP contribution in [0.4, 0.5) is 0 Å². The highest BCUT2D eigenvalue weighted by atomic mass is 16.5. The van der Waals surface area contributed by atoms with Crippen LogP contribution in [0.5, 0.6) is 5.75 Å². The van der Waals surface area contributed by atoms with Gasteiger partial charge in [0.2, 0.25) is 0 Å². The highest BCUT2D eigenvalue weighted by molar-refractivity contribution is 5.93. The van der Waals surface area contributed by atoms with E-state index < -0.39 is 5.97 Å². The van der Waals surface area contributed by atoms with Crippen molar-refractivity contribution in [1.82, 2.24) is 9.66 Å². The molecule has 0 N–H and O–H groups in total. The number of benzene rings is 3. The lowest BCUT2D eigenvalue weighted by atomic mass is 10.1. The number of rotatable bonds is 5. The van der Waals surface area contributed by atoms with Crippen LogP contribution in [0.1, 0.15) is 34.2 Å². The number of hydrogen-bond acceptors (Lipinski definition) is 5. The van der Waals surface area contributed by atoms with Crippen molar-refractivity contribution in [3.8, 4) is 5.75 Å². The molecule has 0 saturated heterocycles. The number of carbonyl (C=O) groups excluding carboxylic acids is 1. The molecule has 0 radical (unpaired) electrons. The van der Waals surface area contributed by atoms with E-state index in [1.54, 1.807) is 42.5 Å². The Labute approximate surface area is 179 Å². The second-order valence-electron chi connectivity index (χ2n) is 7.05. The summed E-state index contributed by atoms with van der Waals surface area (Å²) >= 11 is 0. The monoisotopic (exact) mass is 411 g/mol. The highest BCUT2D eigenvalue weighted by Gasteiger charge is 2.12. The molecule has 0 aliphatic heterocycles. The number of aromatic nitrogens is 2. The fraction of sp³-hybridized carbons (Fsp3) is 0.120. The normalized spacial score (nSPS) is 11.2. The van der Waals surface area contributed by atoms with E-state index in [1.807, 2.05) is 44.2 Å². The van der Waals surface area contributed by atoms with E-state index in [9.17, 15) is 9.59 Å². The molecule has 4 rings (SSSR count). The summed E-state index contributed by atoms with van der Waals surface area (Å²) in [5.74, 6) is 0.449. The third-order valence-electron chi connectivity index (χ3n) is 4.86. The molecule has 0 atom stereocenters. The molecule has 0 unspecified atom stereocenters. The average Bonchev–Trinajstić information content (AvgIpc) is 2.79. The standard InChI is InChI=1S/C25H21N3O3/c1-3-23-27-21-10-6-5-9-20(21)24(29)28(23)26-16-19-8-4-7-11-22(19)31-25(30)18-14-12-17(2)13-15-18/h4-16H,3H2,1-2H3. The molecule has 3 aromatic carbocycles. The maximum atomic E-state index is 12.9. The Kier molecular flexibility index (Phi) is 5.71. The summed E-state index contributed by atoms with van der Waals surface area (Å²) < 4.78 is 6.88. The van der Waals surface area contributed by atoms with Crippen LogP contribution >= 0.6 is 0 Å². The maximum absolute atomic E-state index is 12.9. The molecule has 0 bridgehead atoms. The van der Waals surface area contributed by atoms with Gasteiger partial charge in [-0.1, -0.05) is 48.9 Å². The number of nitrogens with zero attached hydrogens (tertiary/aromatic N) is 3. The van der Waals surface area contributed by atoms with Gasteiger partial charge in [0.25, 0.3) is 5.56 Å². The van der Waals surface area contributed by atoms with Gasteiger partial charge in [-0.15, -0.1) is 0 Å². The third kappa shape index (κ3) is 4.28. The van der Waals surface area contributed by atoms with E-state index >= 15 is 0 Å². The Bertz CT molecular complexity index is 1340. The van der Waals surface area contributed by atoms with Crippen molar-refractivity contribution in [3.05, 3.63) is 106 Å². The first-order valence-electron chi connectivity index (χ1n) is 9.99. The summed E-state index contributed by atoms with van der Waals surface area (Å²) in [5.41, 5.74) is 2.49. The van der Waals surface area contributed by atoms with Gasteiger partial charge in [0.1, 0.15) is 11.6 Å². The van der Waals surface area contributed by atoms with Crippen LogP contribution < -0.4 is 10.3 Å². The van der Waals surface area contributed by atoms with Crippen LogP contribution in [0.3, 0.4) is 0 Å². The number of esters is 1. The van der Waals surface area contributed by atoms with Crippen molar-refractivity contribution in [1.29, 1.82) is 0 Å². The predicted octanol–water partition coefficient (Wildman–Crippen LogP) is 4.37. The molecule has 154 valence electrons. The molecular formula is C25H21N3O3. The van der Waals surface area contributed by atoms with Crippen LogP contribution in [-0.4, -0.2) is 21.8 Å². The molecule has 31 heavy (non-hydrogen) atoms. The first-order valence-corrected chi connectivity index (χ1v) is 9.99. The van der Waals surface area contributed by atoms with Crippen molar-refractivity contribution in [3.63, 3.8) is 0 Å². The first kappa shape index (κ1) is 20.2. The SMILES string of the molecule is CCc1nc2ccccc2c(=O)n1N=Cc1ccccc1OC(=O)c1ccc(C)cc1. The molecule has 4 aromatic rings. The molecule has 1 heterocycles. The number of ether oxygens (including phenoxy) is 1. The predicted molar refractivity (Wildman–Crippen MR) is 121 cm³/mol. The Morgan fingerprint density at radius 2 is 1.74 bits per heavy atom. The summed E-state index contributed by atoms with van der Waals surface area (Å²) in [6, 6.07) is 21.4. The summed E-state index contributed by atoms with van der Waals surface area (Å²) in [6.45, 7) is 3.87. The van der Waals surface area contributed by atoms with Crippen LogP contribution in [-0.2, 0) is 6.42 Å². The van der Waals surface area contributed by atoms with Crippen molar-refractivity contribution in [2.24, 2.45) is 5.10 Å². The molecular weight excluding hydrogens is 390 g/mol. The Balaban J connectivity index is 1.68. The van der Waals surface area contributed by atoms with E-state index in [-0.39, 0.29) is 5.56 Å². The fourth-order valence-corrected chi connectivity index (χ4v) is 3.17. The topological polar surface area (TPSA) is 73.6 Å². The Morgan fingerprint density at radius 1 is 1.03 bits per heavy atom. The zero-order valence-electron chi connectivity index (χ0n) is 17.3. The van der Waals surface area contributed by atoms with Crippen molar-refractivity contribution < 1.29 is 9.53 Å². The Hall–Kier alpha value is -4.06.